The molecule has 130 valence electrons. The third-order valence-corrected chi connectivity index (χ3v) is 3.24. The van der Waals surface area contributed by atoms with E-state index in [1.165, 1.54) is 0 Å². The molecule has 9 heteroatoms. The summed E-state index contributed by atoms with van der Waals surface area (Å²) in [6.07, 6.45) is 0.0204. The first-order valence-electron chi connectivity index (χ1n) is 6.60. The van der Waals surface area contributed by atoms with E-state index in [2.05, 4.69) is 21.2 Å². The van der Waals surface area contributed by atoms with Gasteiger partial charge >= 0.3 is 11.9 Å². The second kappa shape index (κ2) is 6.44. The molecule has 0 aliphatic heterocycles. The SMILES string of the molecule is CC(C)(C)CC(=O)Nc1c(C(O)(O)O)cc(Br)cc1C(O)(O)O. The van der Waals surface area contributed by atoms with Crippen molar-refractivity contribution in [1.82, 2.24) is 0 Å². The predicted molar refractivity (Wildman–Crippen MR) is 83.5 cm³/mol. The molecule has 0 atom stereocenters. The average molecular weight is 394 g/mol. The second-order valence-electron chi connectivity index (χ2n) is 6.43. The molecule has 7 N–H and O–H groups in total. The molecule has 0 bridgehead atoms. The smallest absolute Gasteiger partial charge is 0.306 e. The Morgan fingerprint density at radius 3 is 1.70 bits per heavy atom. The minimum absolute atomic E-state index is 0.0204. The number of hydrogen-bond acceptors (Lipinski definition) is 7. The van der Waals surface area contributed by atoms with Gasteiger partial charge in [0.15, 0.2) is 0 Å². The molecule has 1 aromatic rings. The van der Waals surface area contributed by atoms with E-state index in [0.717, 1.165) is 12.1 Å². The molecule has 0 saturated carbocycles. The van der Waals surface area contributed by atoms with Crippen LogP contribution in [0.4, 0.5) is 5.69 Å². The summed E-state index contributed by atoms with van der Waals surface area (Å²) in [5, 5.41) is 58.8. The highest BCUT2D eigenvalue weighted by atomic mass is 79.9. The molecule has 0 aliphatic carbocycles. The monoisotopic (exact) mass is 393 g/mol. The number of carbonyl (C=O) groups excluding carboxylic acids is 1. The van der Waals surface area contributed by atoms with Gasteiger partial charge in [0.2, 0.25) is 5.91 Å². The predicted octanol–water partition coefficient (Wildman–Crippen LogP) is -0.00180. The van der Waals surface area contributed by atoms with E-state index in [4.69, 9.17) is 0 Å². The Kier molecular flexibility index (Phi) is 5.59. The van der Waals surface area contributed by atoms with Crippen molar-refractivity contribution in [1.29, 1.82) is 0 Å². The minimum atomic E-state index is -3.38. The van der Waals surface area contributed by atoms with Gasteiger partial charge in [-0.05, 0) is 17.5 Å². The summed E-state index contributed by atoms with van der Waals surface area (Å²) in [6, 6.07) is 2.09. The van der Waals surface area contributed by atoms with E-state index in [1.807, 2.05) is 0 Å². The van der Waals surface area contributed by atoms with Crippen LogP contribution in [0.15, 0.2) is 16.6 Å². The van der Waals surface area contributed by atoms with E-state index in [1.54, 1.807) is 20.8 Å². The topological polar surface area (TPSA) is 150 Å². The highest BCUT2D eigenvalue weighted by molar-refractivity contribution is 9.10. The highest BCUT2D eigenvalue weighted by Gasteiger charge is 2.35. The maximum atomic E-state index is 12.1. The van der Waals surface area contributed by atoms with Crippen molar-refractivity contribution in [3.8, 4) is 0 Å². The first-order valence-corrected chi connectivity index (χ1v) is 7.39. The van der Waals surface area contributed by atoms with Crippen LogP contribution in [0.3, 0.4) is 0 Å². The zero-order valence-corrected chi connectivity index (χ0v) is 14.4. The Morgan fingerprint density at radius 1 is 1.00 bits per heavy atom. The Balaban J connectivity index is 3.45. The van der Waals surface area contributed by atoms with Gasteiger partial charge in [0.1, 0.15) is 0 Å². The van der Waals surface area contributed by atoms with Gasteiger partial charge in [-0.1, -0.05) is 36.7 Å². The number of carbonyl (C=O) groups is 1. The molecule has 0 fully saturated rings. The van der Waals surface area contributed by atoms with Crippen molar-refractivity contribution in [2.24, 2.45) is 5.41 Å². The van der Waals surface area contributed by atoms with Crippen LogP contribution >= 0.6 is 15.9 Å². The molecule has 1 rings (SSSR count). The summed E-state index contributed by atoms with van der Waals surface area (Å²) in [6.45, 7) is 5.37. The summed E-state index contributed by atoms with van der Waals surface area (Å²) in [5.41, 5.74) is -2.22. The zero-order chi connectivity index (χ0) is 18.2. The van der Waals surface area contributed by atoms with Crippen LogP contribution in [0.25, 0.3) is 0 Å². The van der Waals surface area contributed by atoms with Crippen molar-refractivity contribution in [2.75, 3.05) is 5.32 Å². The summed E-state index contributed by atoms with van der Waals surface area (Å²) in [4.78, 5) is 12.1. The first-order chi connectivity index (χ1) is 10.1. The Hall–Kier alpha value is -1.07. The number of amides is 1. The number of benzene rings is 1. The molecule has 0 saturated heterocycles. The lowest BCUT2D eigenvalue weighted by Crippen LogP contribution is -2.32. The van der Waals surface area contributed by atoms with E-state index >= 15 is 0 Å². The van der Waals surface area contributed by atoms with Crippen LogP contribution in [0.2, 0.25) is 0 Å². The molecule has 8 nitrogen and oxygen atoms in total. The fourth-order valence-electron chi connectivity index (χ4n) is 1.94. The van der Waals surface area contributed by atoms with Gasteiger partial charge in [0.05, 0.1) is 16.8 Å². The van der Waals surface area contributed by atoms with E-state index in [9.17, 15) is 35.4 Å². The number of nitrogens with one attached hydrogen (secondary N) is 1. The Bertz CT molecular complexity index is 562. The number of halogens is 1. The lowest BCUT2D eigenvalue weighted by atomic mass is 9.91. The highest BCUT2D eigenvalue weighted by Crippen LogP contribution is 2.36. The maximum absolute atomic E-state index is 12.1. The number of aliphatic hydroxyl groups is 6. The lowest BCUT2D eigenvalue weighted by Gasteiger charge is -2.26. The summed E-state index contributed by atoms with van der Waals surface area (Å²) >= 11 is 2.97. The van der Waals surface area contributed by atoms with Crippen LogP contribution < -0.4 is 5.32 Å². The third kappa shape index (κ3) is 5.81. The zero-order valence-electron chi connectivity index (χ0n) is 12.8. The largest absolute Gasteiger partial charge is 0.340 e. The van der Waals surface area contributed by atoms with Crippen LogP contribution in [0.1, 0.15) is 38.3 Å². The van der Waals surface area contributed by atoms with E-state index < -0.39 is 40.1 Å². The van der Waals surface area contributed by atoms with Gasteiger partial charge in [-0.2, -0.15) is 0 Å². The molecule has 0 spiro atoms. The lowest BCUT2D eigenvalue weighted by molar-refractivity contribution is -0.326. The number of anilines is 1. The van der Waals surface area contributed by atoms with Gasteiger partial charge in [-0.3, -0.25) is 4.79 Å². The maximum Gasteiger partial charge on any atom is 0.306 e. The van der Waals surface area contributed by atoms with Crippen molar-refractivity contribution >= 4 is 27.5 Å². The molecule has 0 heterocycles. The van der Waals surface area contributed by atoms with E-state index in [-0.39, 0.29) is 10.9 Å². The number of hydrogen-bond donors (Lipinski definition) is 7. The van der Waals surface area contributed by atoms with Crippen molar-refractivity contribution < 1.29 is 35.4 Å². The molecule has 1 aromatic carbocycles. The molecule has 0 aromatic heterocycles. The van der Waals surface area contributed by atoms with Crippen LogP contribution in [-0.2, 0) is 16.7 Å². The summed E-state index contributed by atoms with van der Waals surface area (Å²) in [5.74, 6) is -7.35. The molecule has 0 unspecified atom stereocenters. The van der Waals surface area contributed by atoms with Crippen molar-refractivity contribution in [3.05, 3.63) is 27.7 Å². The average Bonchev–Trinajstić information content (AvgIpc) is 2.25. The van der Waals surface area contributed by atoms with Crippen molar-refractivity contribution in [2.45, 2.75) is 39.1 Å². The molecule has 1 amide bonds. The molecular formula is C14H20BrNO7. The van der Waals surface area contributed by atoms with Gasteiger partial charge in [-0.15, -0.1) is 0 Å². The van der Waals surface area contributed by atoms with Gasteiger partial charge in [0, 0.05) is 10.9 Å². The van der Waals surface area contributed by atoms with Crippen molar-refractivity contribution in [3.63, 3.8) is 0 Å². The summed E-state index contributed by atoms with van der Waals surface area (Å²) in [7, 11) is 0. The molecule has 0 radical (unpaired) electrons. The number of rotatable bonds is 4. The minimum Gasteiger partial charge on any atom is -0.340 e. The molecule has 0 aliphatic rings. The third-order valence-electron chi connectivity index (χ3n) is 2.78. The normalized spacial score (nSPS) is 13.1. The fraction of sp³-hybridized carbons (Fsp3) is 0.500. The van der Waals surface area contributed by atoms with Gasteiger partial charge < -0.3 is 36.0 Å². The second-order valence-corrected chi connectivity index (χ2v) is 7.35. The van der Waals surface area contributed by atoms with Crippen LogP contribution in [-0.4, -0.2) is 36.5 Å². The van der Waals surface area contributed by atoms with Crippen LogP contribution in [0.5, 0.6) is 0 Å². The quantitative estimate of drug-likeness (QED) is 0.355. The first kappa shape index (κ1) is 20.0. The fourth-order valence-corrected chi connectivity index (χ4v) is 2.39. The summed E-state index contributed by atoms with van der Waals surface area (Å²) < 4.78 is 0.0966. The van der Waals surface area contributed by atoms with Gasteiger partial charge in [0.25, 0.3) is 0 Å². The van der Waals surface area contributed by atoms with Gasteiger partial charge in [-0.25, -0.2) is 0 Å². The Morgan fingerprint density at radius 2 is 1.39 bits per heavy atom. The van der Waals surface area contributed by atoms with E-state index in [0.29, 0.717) is 0 Å². The van der Waals surface area contributed by atoms with Crippen LogP contribution in [0, 0.1) is 5.41 Å². The standard InChI is InChI=1S/C14H20BrNO7/c1-12(2,3)6-10(17)16-11-8(13(18,19)20)4-7(15)5-9(11)14(21,22)23/h4-5,18-23H,6H2,1-3H3,(H,16,17). The Labute approximate surface area is 141 Å². The molecular weight excluding hydrogens is 374 g/mol. The molecule has 23 heavy (non-hydrogen) atoms.